The van der Waals surface area contributed by atoms with Gasteiger partial charge < -0.3 is 4.57 Å². The van der Waals surface area contributed by atoms with Crippen LogP contribution in [0.4, 0.5) is 0 Å². The normalized spacial score (nSPS) is 16.7. The van der Waals surface area contributed by atoms with E-state index in [0.717, 1.165) is 61.5 Å². The SMILES string of the molecule is Cc1ncc2c(n1)CCN(Cc1cc3cccc4c3n(c1=O)CCC4)C2. The molecule has 2 aromatic heterocycles. The Morgan fingerprint density at radius 3 is 3.00 bits per heavy atom. The summed E-state index contributed by atoms with van der Waals surface area (Å²) in [6.07, 6.45) is 4.97. The van der Waals surface area contributed by atoms with Gasteiger partial charge in [-0.05, 0) is 36.8 Å². The zero-order valence-electron chi connectivity index (χ0n) is 15.0. The fourth-order valence-electron chi connectivity index (χ4n) is 4.39. The lowest BCUT2D eigenvalue weighted by Crippen LogP contribution is -2.35. The molecule has 0 saturated carbocycles. The van der Waals surface area contributed by atoms with Crippen LogP contribution >= 0.6 is 0 Å². The van der Waals surface area contributed by atoms with Gasteiger partial charge in [0.15, 0.2) is 0 Å². The molecule has 0 radical (unpaired) electrons. The molecule has 2 aliphatic rings. The summed E-state index contributed by atoms with van der Waals surface area (Å²) in [5.74, 6) is 0.833. The Balaban J connectivity index is 1.50. The van der Waals surface area contributed by atoms with Crippen molar-refractivity contribution in [3.63, 3.8) is 0 Å². The van der Waals surface area contributed by atoms with Gasteiger partial charge in [0, 0.05) is 55.6 Å². The van der Waals surface area contributed by atoms with Crippen molar-refractivity contribution in [3.8, 4) is 0 Å². The first-order valence-electron chi connectivity index (χ1n) is 9.37. The van der Waals surface area contributed by atoms with E-state index in [4.69, 9.17) is 0 Å². The highest BCUT2D eigenvalue weighted by molar-refractivity contribution is 5.83. The molecule has 3 aromatic rings. The van der Waals surface area contributed by atoms with Crippen LogP contribution in [0.5, 0.6) is 0 Å². The topological polar surface area (TPSA) is 51.0 Å². The van der Waals surface area contributed by atoms with Crippen LogP contribution in [-0.4, -0.2) is 26.0 Å². The Morgan fingerprint density at radius 1 is 1.15 bits per heavy atom. The average molecular weight is 346 g/mol. The highest BCUT2D eigenvalue weighted by Gasteiger charge is 2.21. The van der Waals surface area contributed by atoms with Crippen LogP contribution < -0.4 is 5.56 Å². The highest BCUT2D eigenvalue weighted by Crippen LogP contribution is 2.25. The molecule has 4 heterocycles. The van der Waals surface area contributed by atoms with Crippen molar-refractivity contribution in [1.82, 2.24) is 19.4 Å². The first-order chi connectivity index (χ1) is 12.7. The third-order valence-corrected chi connectivity index (χ3v) is 5.63. The molecule has 5 rings (SSSR count). The van der Waals surface area contributed by atoms with Crippen molar-refractivity contribution in [3.05, 3.63) is 69.0 Å². The van der Waals surface area contributed by atoms with Crippen molar-refractivity contribution in [2.45, 2.75) is 45.8 Å². The van der Waals surface area contributed by atoms with Crippen molar-refractivity contribution >= 4 is 10.9 Å². The number of pyridine rings is 1. The van der Waals surface area contributed by atoms with Crippen molar-refractivity contribution in [2.75, 3.05) is 6.54 Å². The van der Waals surface area contributed by atoms with Crippen LogP contribution in [0.2, 0.25) is 0 Å². The van der Waals surface area contributed by atoms with Crippen molar-refractivity contribution < 1.29 is 0 Å². The van der Waals surface area contributed by atoms with Gasteiger partial charge in [-0.1, -0.05) is 18.2 Å². The number of aryl methyl sites for hydroxylation is 3. The maximum Gasteiger partial charge on any atom is 0.255 e. The number of fused-ring (bicyclic) bond motifs is 1. The van der Waals surface area contributed by atoms with E-state index in [0.29, 0.717) is 6.54 Å². The molecule has 0 N–H and O–H groups in total. The second-order valence-electron chi connectivity index (χ2n) is 7.43. The molecule has 26 heavy (non-hydrogen) atoms. The number of nitrogens with zero attached hydrogens (tertiary/aromatic N) is 4. The summed E-state index contributed by atoms with van der Waals surface area (Å²) in [6.45, 7) is 5.19. The van der Waals surface area contributed by atoms with E-state index < -0.39 is 0 Å². The summed E-state index contributed by atoms with van der Waals surface area (Å²) < 4.78 is 1.99. The summed E-state index contributed by atoms with van der Waals surface area (Å²) in [4.78, 5) is 24.3. The van der Waals surface area contributed by atoms with Crippen molar-refractivity contribution in [1.29, 1.82) is 0 Å². The Hall–Kier alpha value is -2.53. The Bertz CT molecular complexity index is 1070. The van der Waals surface area contributed by atoms with E-state index in [9.17, 15) is 4.79 Å². The Kier molecular flexibility index (Phi) is 3.64. The maximum atomic E-state index is 13.1. The van der Waals surface area contributed by atoms with Gasteiger partial charge in [-0.2, -0.15) is 0 Å². The van der Waals surface area contributed by atoms with Crippen molar-refractivity contribution in [2.24, 2.45) is 0 Å². The smallest absolute Gasteiger partial charge is 0.255 e. The van der Waals surface area contributed by atoms with Gasteiger partial charge in [0.2, 0.25) is 0 Å². The lowest BCUT2D eigenvalue weighted by Gasteiger charge is -2.28. The first kappa shape index (κ1) is 15.7. The van der Waals surface area contributed by atoms with E-state index in [1.165, 1.54) is 16.5 Å². The van der Waals surface area contributed by atoms with E-state index in [-0.39, 0.29) is 5.56 Å². The Morgan fingerprint density at radius 2 is 2.08 bits per heavy atom. The second kappa shape index (κ2) is 6.02. The monoisotopic (exact) mass is 346 g/mol. The first-order valence-corrected chi connectivity index (χ1v) is 9.37. The van der Waals surface area contributed by atoms with Crippen LogP contribution in [-0.2, 0) is 32.5 Å². The molecule has 132 valence electrons. The summed E-state index contributed by atoms with van der Waals surface area (Å²) >= 11 is 0. The van der Waals surface area contributed by atoms with Crippen LogP contribution in [0.3, 0.4) is 0 Å². The molecule has 5 heteroatoms. The number of benzene rings is 1. The second-order valence-corrected chi connectivity index (χ2v) is 7.43. The molecule has 0 atom stereocenters. The van der Waals surface area contributed by atoms with Gasteiger partial charge in [-0.15, -0.1) is 0 Å². The fourth-order valence-corrected chi connectivity index (χ4v) is 4.39. The molecule has 0 spiro atoms. The summed E-state index contributed by atoms with van der Waals surface area (Å²) in [6, 6.07) is 8.49. The molecule has 0 fully saturated rings. The van der Waals surface area contributed by atoms with Gasteiger partial charge >= 0.3 is 0 Å². The van der Waals surface area contributed by atoms with E-state index >= 15 is 0 Å². The molecule has 1 aromatic carbocycles. The van der Waals surface area contributed by atoms with Crippen LogP contribution in [0, 0.1) is 6.92 Å². The standard InChI is InChI=1S/C21H22N4O/c1-14-22-11-18-13-24(9-7-19(18)23-14)12-17-10-16-5-2-4-15-6-3-8-25(20(15)16)21(17)26/h2,4-5,10-11H,3,6-9,12-13H2,1H3. The summed E-state index contributed by atoms with van der Waals surface area (Å²) in [5.41, 5.74) is 5.86. The summed E-state index contributed by atoms with van der Waals surface area (Å²) in [7, 11) is 0. The number of hydrogen-bond acceptors (Lipinski definition) is 4. The molecule has 0 unspecified atom stereocenters. The molecule has 2 aliphatic heterocycles. The van der Waals surface area contributed by atoms with Crippen LogP contribution in [0.25, 0.3) is 10.9 Å². The number of aromatic nitrogens is 3. The van der Waals surface area contributed by atoms with Gasteiger partial charge in [0.05, 0.1) is 5.52 Å². The zero-order valence-corrected chi connectivity index (χ0v) is 15.0. The molecule has 0 aliphatic carbocycles. The minimum Gasteiger partial charge on any atom is -0.308 e. The van der Waals surface area contributed by atoms with Gasteiger partial charge in [0.25, 0.3) is 5.56 Å². The fraction of sp³-hybridized carbons (Fsp3) is 0.381. The van der Waals surface area contributed by atoms with Gasteiger partial charge in [-0.3, -0.25) is 9.69 Å². The van der Waals surface area contributed by atoms with Crippen LogP contribution in [0.1, 0.15) is 34.6 Å². The molecule has 0 saturated heterocycles. The molecular weight excluding hydrogens is 324 g/mol. The average Bonchev–Trinajstić information content (AvgIpc) is 2.66. The predicted molar refractivity (Wildman–Crippen MR) is 101 cm³/mol. The van der Waals surface area contributed by atoms with Gasteiger partial charge in [-0.25, -0.2) is 9.97 Å². The number of rotatable bonds is 2. The quantitative estimate of drug-likeness (QED) is 0.716. The van der Waals surface area contributed by atoms with Gasteiger partial charge in [0.1, 0.15) is 5.82 Å². The molecular formula is C21H22N4O. The molecule has 5 nitrogen and oxygen atoms in total. The van der Waals surface area contributed by atoms with E-state index in [1.54, 1.807) is 0 Å². The predicted octanol–water partition coefficient (Wildman–Crippen LogP) is 2.60. The van der Waals surface area contributed by atoms with E-state index in [1.807, 2.05) is 17.7 Å². The lowest BCUT2D eigenvalue weighted by molar-refractivity contribution is 0.241. The van der Waals surface area contributed by atoms with E-state index in [2.05, 4.69) is 39.1 Å². The Labute approximate surface area is 152 Å². The molecule has 0 bridgehead atoms. The van der Waals surface area contributed by atoms with Crippen LogP contribution in [0.15, 0.2) is 35.3 Å². The number of para-hydroxylation sites is 1. The third kappa shape index (κ3) is 2.54. The minimum absolute atomic E-state index is 0.176. The lowest BCUT2D eigenvalue weighted by atomic mass is 9.99. The number of hydrogen-bond donors (Lipinski definition) is 0. The third-order valence-electron chi connectivity index (χ3n) is 5.63. The zero-order chi connectivity index (χ0) is 17.7. The summed E-state index contributed by atoms with van der Waals surface area (Å²) in [5, 5.41) is 1.19. The largest absolute Gasteiger partial charge is 0.308 e. The maximum absolute atomic E-state index is 13.1. The molecule has 0 amide bonds. The minimum atomic E-state index is 0.176. The highest BCUT2D eigenvalue weighted by atomic mass is 16.1.